The van der Waals surface area contributed by atoms with Gasteiger partial charge in [-0.25, -0.2) is 0 Å². The zero-order valence-electron chi connectivity index (χ0n) is 13.8. The molecule has 2 heterocycles. The first-order chi connectivity index (χ1) is 11.1. The maximum Gasteiger partial charge on any atom is 0.270 e. The summed E-state index contributed by atoms with van der Waals surface area (Å²) in [5.74, 6) is 1.39. The van der Waals surface area contributed by atoms with Gasteiger partial charge in [0.2, 0.25) is 0 Å². The molecule has 1 aromatic carbocycles. The van der Waals surface area contributed by atoms with Gasteiger partial charge in [-0.2, -0.15) is 0 Å². The second-order valence-electron chi connectivity index (χ2n) is 6.47. The van der Waals surface area contributed by atoms with Gasteiger partial charge in [0.15, 0.2) is 0 Å². The molecule has 0 bridgehead atoms. The number of hydrogen-bond acceptors (Lipinski definition) is 2. The average molecular weight is 312 g/mol. The number of aromatic amines is 1. The van der Waals surface area contributed by atoms with Crippen LogP contribution >= 0.6 is 0 Å². The third-order valence-corrected chi connectivity index (χ3v) is 4.37. The van der Waals surface area contributed by atoms with Gasteiger partial charge in [0.1, 0.15) is 11.4 Å². The van der Waals surface area contributed by atoms with Gasteiger partial charge in [0, 0.05) is 25.2 Å². The van der Waals surface area contributed by atoms with E-state index in [1.54, 1.807) is 0 Å². The molecule has 1 N–H and O–H groups in total. The molecule has 1 aliphatic heterocycles. The van der Waals surface area contributed by atoms with Crippen LogP contribution < -0.4 is 4.74 Å². The lowest BCUT2D eigenvalue weighted by Gasteiger charge is -2.32. The van der Waals surface area contributed by atoms with E-state index in [0.29, 0.717) is 18.2 Å². The minimum Gasteiger partial charge on any atom is -0.493 e. The number of nitrogens with one attached hydrogen (secondary N) is 1. The maximum absolute atomic E-state index is 12.5. The quantitative estimate of drug-likeness (QED) is 0.938. The number of carbonyl (C=O) groups is 1. The lowest BCUT2D eigenvalue weighted by molar-refractivity contribution is 0.0628. The molecule has 1 saturated heterocycles. The van der Waals surface area contributed by atoms with Gasteiger partial charge < -0.3 is 14.6 Å². The van der Waals surface area contributed by atoms with E-state index in [4.69, 9.17) is 4.74 Å². The molecule has 2 aromatic rings. The van der Waals surface area contributed by atoms with Gasteiger partial charge in [0.05, 0.1) is 6.61 Å². The van der Waals surface area contributed by atoms with Gasteiger partial charge in [-0.15, -0.1) is 0 Å². The van der Waals surface area contributed by atoms with Crippen molar-refractivity contribution in [1.29, 1.82) is 0 Å². The molecule has 0 saturated carbocycles. The molecule has 122 valence electrons. The SMILES string of the molecule is Cc1ccc(OC[C@H]2CCCN(C(=O)c3cc(C)c[nH]3)C2)cc1. The van der Waals surface area contributed by atoms with E-state index in [1.165, 1.54) is 5.56 Å². The van der Waals surface area contributed by atoms with Crippen molar-refractivity contribution in [3.05, 3.63) is 53.3 Å². The lowest BCUT2D eigenvalue weighted by Crippen LogP contribution is -2.41. The van der Waals surface area contributed by atoms with E-state index in [0.717, 1.165) is 37.2 Å². The number of carbonyl (C=O) groups excluding carboxylic acids is 1. The number of benzene rings is 1. The highest BCUT2D eigenvalue weighted by atomic mass is 16.5. The first kappa shape index (κ1) is 15.7. The Hall–Kier alpha value is -2.23. The third-order valence-electron chi connectivity index (χ3n) is 4.37. The Labute approximate surface area is 137 Å². The molecular weight excluding hydrogens is 288 g/mol. The topological polar surface area (TPSA) is 45.3 Å². The first-order valence-corrected chi connectivity index (χ1v) is 8.25. The van der Waals surface area contributed by atoms with Crippen molar-refractivity contribution >= 4 is 5.91 Å². The summed E-state index contributed by atoms with van der Waals surface area (Å²) in [5.41, 5.74) is 3.00. The predicted octanol–water partition coefficient (Wildman–Crippen LogP) is 3.56. The fourth-order valence-corrected chi connectivity index (χ4v) is 3.03. The van der Waals surface area contributed by atoms with Crippen LogP contribution in [-0.4, -0.2) is 35.5 Å². The normalized spacial score (nSPS) is 18.0. The van der Waals surface area contributed by atoms with Gasteiger partial charge in [-0.1, -0.05) is 17.7 Å². The van der Waals surface area contributed by atoms with E-state index in [1.807, 2.05) is 36.2 Å². The molecule has 4 heteroatoms. The largest absolute Gasteiger partial charge is 0.493 e. The summed E-state index contributed by atoms with van der Waals surface area (Å²) in [6.07, 6.45) is 4.02. The van der Waals surface area contributed by atoms with Crippen molar-refractivity contribution in [3.63, 3.8) is 0 Å². The predicted molar refractivity (Wildman–Crippen MR) is 90.8 cm³/mol. The highest BCUT2D eigenvalue weighted by molar-refractivity contribution is 5.92. The Kier molecular flexibility index (Phi) is 4.70. The molecule has 1 amide bonds. The highest BCUT2D eigenvalue weighted by Crippen LogP contribution is 2.20. The molecule has 0 unspecified atom stereocenters. The Balaban J connectivity index is 1.55. The van der Waals surface area contributed by atoms with Crippen LogP contribution in [0.4, 0.5) is 0 Å². The van der Waals surface area contributed by atoms with E-state index in [2.05, 4.69) is 24.0 Å². The molecule has 0 aliphatic carbocycles. The number of aryl methyl sites for hydroxylation is 2. The van der Waals surface area contributed by atoms with Crippen LogP contribution in [0.15, 0.2) is 36.5 Å². The molecule has 3 rings (SSSR count). The number of amides is 1. The number of hydrogen-bond donors (Lipinski definition) is 1. The van der Waals surface area contributed by atoms with Crippen molar-refractivity contribution in [2.75, 3.05) is 19.7 Å². The third kappa shape index (κ3) is 3.95. The highest BCUT2D eigenvalue weighted by Gasteiger charge is 2.25. The monoisotopic (exact) mass is 312 g/mol. The molecule has 1 aliphatic rings. The minimum atomic E-state index is 0.0955. The Morgan fingerprint density at radius 1 is 1.26 bits per heavy atom. The second kappa shape index (κ2) is 6.90. The van der Waals surface area contributed by atoms with Gasteiger partial charge >= 0.3 is 0 Å². The molecule has 4 nitrogen and oxygen atoms in total. The minimum absolute atomic E-state index is 0.0955. The van der Waals surface area contributed by atoms with Crippen molar-refractivity contribution in [3.8, 4) is 5.75 Å². The van der Waals surface area contributed by atoms with E-state index >= 15 is 0 Å². The Morgan fingerprint density at radius 2 is 2.04 bits per heavy atom. The van der Waals surface area contributed by atoms with E-state index in [-0.39, 0.29) is 5.91 Å². The van der Waals surface area contributed by atoms with Crippen LogP contribution in [0.5, 0.6) is 5.75 Å². The Morgan fingerprint density at radius 3 is 2.74 bits per heavy atom. The molecule has 1 atom stereocenters. The number of likely N-dealkylation sites (tertiary alicyclic amines) is 1. The summed E-state index contributed by atoms with van der Waals surface area (Å²) >= 11 is 0. The van der Waals surface area contributed by atoms with Crippen molar-refractivity contribution in [2.24, 2.45) is 5.92 Å². The van der Waals surface area contributed by atoms with Gasteiger partial charge in [-0.05, 0) is 50.5 Å². The van der Waals surface area contributed by atoms with Crippen LogP contribution in [-0.2, 0) is 0 Å². The first-order valence-electron chi connectivity index (χ1n) is 8.25. The maximum atomic E-state index is 12.5. The zero-order valence-corrected chi connectivity index (χ0v) is 13.8. The van der Waals surface area contributed by atoms with Gasteiger partial charge in [-0.3, -0.25) is 4.79 Å². The van der Waals surface area contributed by atoms with Crippen molar-refractivity contribution in [2.45, 2.75) is 26.7 Å². The van der Waals surface area contributed by atoms with Crippen LogP contribution in [0.25, 0.3) is 0 Å². The molecule has 0 radical (unpaired) electrons. The van der Waals surface area contributed by atoms with Crippen LogP contribution in [0.2, 0.25) is 0 Å². The number of nitrogens with zero attached hydrogens (tertiary/aromatic N) is 1. The number of H-pyrrole nitrogens is 1. The summed E-state index contributed by atoms with van der Waals surface area (Å²) in [6, 6.07) is 10.0. The zero-order chi connectivity index (χ0) is 16.2. The Bertz CT molecular complexity index is 660. The summed E-state index contributed by atoms with van der Waals surface area (Å²) < 4.78 is 5.89. The summed E-state index contributed by atoms with van der Waals surface area (Å²) in [5, 5.41) is 0. The number of rotatable bonds is 4. The molecule has 23 heavy (non-hydrogen) atoms. The van der Waals surface area contributed by atoms with Crippen LogP contribution in [0, 0.1) is 19.8 Å². The fraction of sp³-hybridized carbons (Fsp3) is 0.421. The fourth-order valence-electron chi connectivity index (χ4n) is 3.03. The van der Waals surface area contributed by atoms with Crippen LogP contribution in [0.1, 0.15) is 34.5 Å². The number of piperidine rings is 1. The van der Waals surface area contributed by atoms with Crippen molar-refractivity contribution in [1.82, 2.24) is 9.88 Å². The molecular formula is C19H24N2O2. The summed E-state index contributed by atoms with van der Waals surface area (Å²) in [4.78, 5) is 17.5. The molecule has 1 fully saturated rings. The summed E-state index contributed by atoms with van der Waals surface area (Å²) in [6.45, 7) is 6.32. The van der Waals surface area contributed by atoms with Crippen LogP contribution in [0.3, 0.4) is 0 Å². The smallest absolute Gasteiger partial charge is 0.270 e. The second-order valence-corrected chi connectivity index (χ2v) is 6.47. The molecule has 0 spiro atoms. The lowest BCUT2D eigenvalue weighted by atomic mass is 9.98. The average Bonchev–Trinajstić information content (AvgIpc) is 3.00. The summed E-state index contributed by atoms with van der Waals surface area (Å²) in [7, 11) is 0. The number of ether oxygens (including phenoxy) is 1. The standard InChI is InChI=1S/C19H24N2O2/c1-14-5-7-17(8-6-14)23-13-16-4-3-9-21(12-16)19(22)18-10-15(2)11-20-18/h5-8,10-11,16,20H,3-4,9,12-13H2,1-2H3/t16-/m0/s1. The number of aromatic nitrogens is 1. The van der Waals surface area contributed by atoms with E-state index in [9.17, 15) is 4.79 Å². The van der Waals surface area contributed by atoms with E-state index < -0.39 is 0 Å². The molecule has 1 aromatic heterocycles. The van der Waals surface area contributed by atoms with Crippen molar-refractivity contribution < 1.29 is 9.53 Å². The van der Waals surface area contributed by atoms with Gasteiger partial charge in [0.25, 0.3) is 5.91 Å².